The van der Waals surface area contributed by atoms with E-state index in [4.69, 9.17) is 17.0 Å². The number of thiocarbonyl (C=S) groups is 1. The lowest BCUT2D eigenvalue weighted by atomic mass is 10.0. The number of hydrogen-bond donors (Lipinski definition) is 0. The number of thioether (sulfide) groups is 1. The number of aromatic nitrogens is 4. The van der Waals surface area contributed by atoms with Crippen molar-refractivity contribution in [3.8, 4) is 0 Å². The minimum Gasteiger partial charge on any atom is -0.479 e. The van der Waals surface area contributed by atoms with Crippen molar-refractivity contribution in [1.82, 2.24) is 18.7 Å². The normalized spacial score (nSPS) is 12.7. The minimum atomic E-state index is -4.49. The molecule has 0 aromatic carbocycles. The molecule has 0 aliphatic carbocycles. The highest BCUT2D eigenvalue weighted by atomic mass is 32.2. The van der Waals surface area contributed by atoms with Gasteiger partial charge in [-0.15, -0.1) is 0 Å². The van der Waals surface area contributed by atoms with Crippen molar-refractivity contribution in [2.75, 3.05) is 6.61 Å². The van der Waals surface area contributed by atoms with Crippen LogP contribution in [0.1, 0.15) is 116 Å². The smallest absolute Gasteiger partial charge is 0.390 e. The first-order chi connectivity index (χ1) is 20.0. The standard InChI is InChI=1S/C30H49F3N4O3S2/c1-4-5-6-7-8-9-10-11-12-13-14-15-16-17-18-19-20-40-29(41)42-24(21-30(31,32)33)22-37-27(38)25-26(34-23-35(25)2)36(3)28(37)39/h23-24H,4-22H2,1-3H3. The number of alkyl halides is 3. The number of nitrogens with zero attached hydrogens (tertiary/aromatic N) is 4. The molecule has 0 fully saturated rings. The molecule has 0 saturated heterocycles. The van der Waals surface area contributed by atoms with Gasteiger partial charge in [0.25, 0.3) is 5.56 Å². The Morgan fingerprint density at radius 3 is 1.90 bits per heavy atom. The molecule has 0 aliphatic rings. The third kappa shape index (κ3) is 13.2. The molecule has 2 aromatic rings. The Labute approximate surface area is 257 Å². The maximum absolute atomic E-state index is 13.3. The van der Waals surface area contributed by atoms with E-state index in [0.717, 1.165) is 40.2 Å². The molecule has 0 amide bonds. The maximum atomic E-state index is 13.3. The number of hydrogen-bond acceptors (Lipinski definition) is 6. The summed E-state index contributed by atoms with van der Waals surface area (Å²) in [6, 6.07) is 0. The van der Waals surface area contributed by atoms with Gasteiger partial charge in [0.05, 0.1) is 19.4 Å². The van der Waals surface area contributed by atoms with E-state index in [1.807, 2.05) is 0 Å². The predicted octanol–water partition coefficient (Wildman–Crippen LogP) is 8.05. The van der Waals surface area contributed by atoms with E-state index >= 15 is 0 Å². The molecule has 12 heteroatoms. The van der Waals surface area contributed by atoms with Gasteiger partial charge in [0, 0.05) is 25.9 Å². The van der Waals surface area contributed by atoms with Gasteiger partial charge in [0.1, 0.15) is 0 Å². The molecule has 2 heterocycles. The molecule has 2 rings (SSSR count). The highest BCUT2D eigenvalue weighted by molar-refractivity contribution is 8.23. The third-order valence-electron chi connectivity index (χ3n) is 7.53. The Bertz CT molecular complexity index is 1190. The lowest BCUT2D eigenvalue weighted by Gasteiger charge is -2.20. The largest absolute Gasteiger partial charge is 0.479 e. The zero-order valence-corrected chi connectivity index (χ0v) is 27.2. The highest BCUT2D eigenvalue weighted by Gasteiger charge is 2.34. The van der Waals surface area contributed by atoms with Crippen molar-refractivity contribution in [3.05, 3.63) is 27.2 Å². The van der Waals surface area contributed by atoms with Gasteiger partial charge in [-0.05, 0) is 18.6 Å². The molecule has 2 aromatic heterocycles. The molecule has 240 valence electrons. The van der Waals surface area contributed by atoms with Crippen LogP contribution in [0.2, 0.25) is 0 Å². The molecule has 1 atom stereocenters. The second kappa shape index (κ2) is 19.5. The Morgan fingerprint density at radius 1 is 0.905 bits per heavy atom. The fourth-order valence-electron chi connectivity index (χ4n) is 5.14. The SMILES string of the molecule is CCCCCCCCCCCCCCCCCCOC(=S)SC(Cn1c(=O)c2c(ncn2C)n(C)c1=O)CC(F)(F)F. The van der Waals surface area contributed by atoms with E-state index in [-0.39, 0.29) is 15.5 Å². The Kier molecular flexibility index (Phi) is 16.8. The van der Waals surface area contributed by atoms with Crippen LogP contribution < -0.4 is 11.2 Å². The van der Waals surface area contributed by atoms with Crippen LogP contribution in [0.4, 0.5) is 13.2 Å². The van der Waals surface area contributed by atoms with Crippen LogP contribution >= 0.6 is 24.0 Å². The molecule has 0 radical (unpaired) electrons. The number of aryl methyl sites for hydroxylation is 2. The average Bonchev–Trinajstić information content (AvgIpc) is 3.32. The third-order valence-corrected chi connectivity index (χ3v) is 8.89. The molecule has 1 unspecified atom stereocenters. The monoisotopic (exact) mass is 634 g/mol. The molecular formula is C30H49F3N4O3S2. The highest BCUT2D eigenvalue weighted by Crippen LogP contribution is 2.30. The molecule has 42 heavy (non-hydrogen) atoms. The van der Waals surface area contributed by atoms with Crippen molar-refractivity contribution in [2.45, 2.75) is 134 Å². The van der Waals surface area contributed by atoms with E-state index in [1.165, 1.54) is 101 Å². The van der Waals surface area contributed by atoms with Gasteiger partial charge in [0.2, 0.25) is 4.38 Å². The maximum Gasteiger partial charge on any atom is 0.390 e. The van der Waals surface area contributed by atoms with Gasteiger partial charge < -0.3 is 9.30 Å². The van der Waals surface area contributed by atoms with Crippen LogP contribution in [0.15, 0.2) is 15.9 Å². The van der Waals surface area contributed by atoms with Crippen molar-refractivity contribution in [3.63, 3.8) is 0 Å². The Hall–Kier alpha value is -1.82. The van der Waals surface area contributed by atoms with Gasteiger partial charge in [-0.3, -0.25) is 13.9 Å². The molecule has 0 N–H and O–H groups in total. The van der Waals surface area contributed by atoms with Crippen molar-refractivity contribution in [2.24, 2.45) is 14.1 Å². The molecular weight excluding hydrogens is 585 g/mol. The minimum absolute atomic E-state index is 0.00306. The number of unbranched alkanes of at least 4 members (excludes halogenated alkanes) is 15. The van der Waals surface area contributed by atoms with Crippen molar-refractivity contribution >= 4 is 39.5 Å². The number of halogens is 3. The second-order valence-electron chi connectivity index (χ2n) is 11.2. The van der Waals surface area contributed by atoms with Gasteiger partial charge in [0.15, 0.2) is 11.2 Å². The van der Waals surface area contributed by atoms with E-state index in [2.05, 4.69) is 11.9 Å². The first kappa shape index (κ1) is 36.4. The van der Waals surface area contributed by atoms with Crippen LogP contribution in [-0.4, -0.2) is 41.1 Å². The first-order valence-corrected chi connectivity index (χ1v) is 16.8. The van der Waals surface area contributed by atoms with Crippen LogP contribution in [0.5, 0.6) is 0 Å². The summed E-state index contributed by atoms with van der Waals surface area (Å²) < 4.78 is 49.0. The van der Waals surface area contributed by atoms with Gasteiger partial charge in [-0.1, -0.05) is 115 Å². The number of imidazole rings is 1. The summed E-state index contributed by atoms with van der Waals surface area (Å²) in [6.45, 7) is 2.14. The van der Waals surface area contributed by atoms with Crippen LogP contribution in [-0.2, 0) is 25.4 Å². The lowest BCUT2D eigenvalue weighted by Crippen LogP contribution is -2.42. The molecule has 0 aliphatic heterocycles. The Balaban J connectivity index is 1.66. The zero-order valence-electron chi connectivity index (χ0n) is 25.6. The number of ether oxygens (including phenoxy) is 1. The van der Waals surface area contributed by atoms with E-state index in [1.54, 1.807) is 7.05 Å². The van der Waals surface area contributed by atoms with Gasteiger partial charge in [-0.25, -0.2) is 9.78 Å². The van der Waals surface area contributed by atoms with E-state index in [9.17, 15) is 22.8 Å². The quantitative estimate of drug-likeness (QED) is 0.102. The zero-order chi connectivity index (χ0) is 31.0. The van der Waals surface area contributed by atoms with Crippen LogP contribution in [0.3, 0.4) is 0 Å². The summed E-state index contributed by atoms with van der Waals surface area (Å²) in [5, 5.41) is -1.18. The predicted molar refractivity (Wildman–Crippen MR) is 170 cm³/mol. The fourth-order valence-corrected chi connectivity index (χ4v) is 6.55. The van der Waals surface area contributed by atoms with Crippen molar-refractivity contribution in [1.29, 1.82) is 0 Å². The average molecular weight is 635 g/mol. The molecule has 7 nitrogen and oxygen atoms in total. The Morgan fingerprint density at radius 2 is 1.40 bits per heavy atom. The van der Waals surface area contributed by atoms with Crippen molar-refractivity contribution < 1.29 is 17.9 Å². The summed E-state index contributed by atoms with van der Waals surface area (Å²) in [7, 11) is 3.03. The molecule has 0 bridgehead atoms. The van der Waals surface area contributed by atoms with E-state index in [0.29, 0.717) is 6.61 Å². The summed E-state index contributed by atoms with van der Waals surface area (Å²) in [5.41, 5.74) is -1.07. The van der Waals surface area contributed by atoms with Gasteiger partial charge in [-0.2, -0.15) is 13.2 Å². The summed E-state index contributed by atoms with van der Waals surface area (Å²) in [6.07, 6.45) is 15.8. The summed E-state index contributed by atoms with van der Waals surface area (Å²) in [5.74, 6) is 0. The number of fused-ring (bicyclic) bond motifs is 1. The van der Waals surface area contributed by atoms with Gasteiger partial charge >= 0.3 is 11.9 Å². The van der Waals surface area contributed by atoms with E-state index < -0.39 is 35.6 Å². The fraction of sp³-hybridized carbons (Fsp3) is 0.800. The lowest BCUT2D eigenvalue weighted by molar-refractivity contribution is -0.134. The first-order valence-electron chi connectivity index (χ1n) is 15.6. The summed E-state index contributed by atoms with van der Waals surface area (Å²) in [4.78, 5) is 29.8. The second-order valence-corrected chi connectivity index (χ2v) is 13.1. The molecule has 0 saturated carbocycles. The summed E-state index contributed by atoms with van der Waals surface area (Å²) >= 11 is 5.96. The van der Waals surface area contributed by atoms with Crippen LogP contribution in [0, 0.1) is 0 Å². The van der Waals surface area contributed by atoms with Crippen LogP contribution in [0.25, 0.3) is 11.2 Å². The number of rotatable bonds is 21. The molecule has 0 spiro atoms. The topological polar surface area (TPSA) is 71.1 Å².